The Bertz CT molecular complexity index is 971. The summed E-state index contributed by atoms with van der Waals surface area (Å²) in [6, 6.07) is 8.35. The second-order valence-corrected chi connectivity index (χ2v) is 8.47. The number of aryl methyl sites for hydroxylation is 3. The van der Waals surface area contributed by atoms with Gasteiger partial charge >= 0.3 is 5.97 Å². The Balaban J connectivity index is 1.30. The molecule has 1 N–H and O–H groups in total. The fourth-order valence-corrected chi connectivity index (χ4v) is 5.29. The van der Waals surface area contributed by atoms with E-state index in [0.717, 1.165) is 43.2 Å². The van der Waals surface area contributed by atoms with Gasteiger partial charge < -0.3 is 10.1 Å². The Morgan fingerprint density at radius 2 is 1.93 bits per heavy atom. The third-order valence-corrected chi connectivity index (χ3v) is 6.62. The van der Waals surface area contributed by atoms with E-state index in [1.165, 1.54) is 40.2 Å². The summed E-state index contributed by atoms with van der Waals surface area (Å²) in [6.07, 6.45) is 7.66. The highest BCUT2D eigenvalue weighted by Gasteiger charge is 2.23. The van der Waals surface area contributed by atoms with Gasteiger partial charge in [-0.25, -0.2) is 0 Å². The van der Waals surface area contributed by atoms with Crippen LogP contribution in [0.5, 0.6) is 0 Å². The van der Waals surface area contributed by atoms with Gasteiger partial charge in [0.15, 0.2) is 6.61 Å². The average Bonchev–Trinajstić information content (AvgIpc) is 3.27. The summed E-state index contributed by atoms with van der Waals surface area (Å²) >= 11 is 1.46. The standard InChI is InChI=1S/C22H22N2O3S/c23-12-18-17-6-3-7-19(17)28-22(18)24-20(25)13-27-21(26)11-14-8-9-15-4-1-2-5-16(15)10-14/h8-10H,1-7,11,13H2,(H,24,25). The second-order valence-electron chi connectivity index (χ2n) is 7.37. The largest absolute Gasteiger partial charge is 0.455 e. The molecule has 0 spiro atoms. The number of rotatable bonds is 5. The molecular formula is C22H22N2O3S. The number of ether oxygens (including phenoxy) is 1. The van der Waals surface area contributed by atoms with Gasteiger partial charge in [-0.3, -0.25) is 9.59 Å². The number of hydrogen-bond donors (Lipinski definition) is 1. The zero-order valence-corrected chi connectivity index (χ0v) is 16.5. The summed E-state index contributed by atoms with van der Waals surface area (Å²) in [6.45, 7) is -0.336. The number of nitrogens with one attached hydrogen (secondary N) is 1. The Morgan fingerprint density at radius 1 is 1.11 bits per heavy atom. The molecule has 144 valence electrons. The summed E-state index contributed by atoms with van der Waals surface area (Å²) in [7, 11) is 0. The highest BCUT2D eigenvalue weighted by atomic mass is 32.1. The molecule has 1 aromatic carbocycles. The first-order valence-corrected chi connectivity index (χ1v) is 10.6. The lowest BCUT2D eigenvalue weighted by Crippen LogP contribution is -2.21. The van der Waals surface area contributed by atoms with E-state index >= 15 is 0 Å². The van der Waals surface area contributed by atoms with Crippen LogP contribution in [-0.4, -0.2) is 18.5 Å². The van der Waals surface area contributed by atoms with E-state index in [4.69, 9.17) is 4.74 Å². The molecule has 28 heavy (non-hydrogen) atoms. The molecule has 1 aromatic heterocycles. The molecule has 0 saturated carbocycles. The smallest absolute Gasteiger partial charge is 0.310 e. The summed E-state index contributed by atoms with van der Waals surface area (Å²) in [5, 5.41) is 12.7. The first-order valence-electron chi connectivity index (χ1n) is 9.75. The van der Waals surface area contributed by atoms with E-state index in [1.54, 1.807) is 0 Å². The van der Waals surface area contributed by atoms with E-state index in [1.807, 2.05) is 6.07 Å². The van der Waals surface area contributed by atoms with Crippen molar-refractivity contribution in [3.8, 4) is 6.07 Å². The summed E-state index contributed by atoms with van der Waals surface area (Å²) < 4.78 is 5.15. The predicted molar refractivity (Wildman–Crippen MR) is 107 cm³/mol. The molecule has 2 aliphatic rings. The Hall–Kier alpha value is -2.65. The molecule has 1 amide bonds. The molecule has 2 aliphatic carbocycles. The zero-order chi connectivity index (χ0) is 19.5. The molecule has 6 heteroatoms. The summed E-state index contributed by atoms with van der Waals surface area (Å²) in [4.78, 5) is 25.5. The highest BCUT2D eigenvalue weighted by molar-refractivity contribution is 7.16. The van der Waals surface area contributed by atoms with Crippen molar-refractivity contribution in [2.45, 2.75) is 51.4 Å². The average molecular weight is 394 g/mol. The normalized spacial score (nSPS) is 14.7. The van der Waals surface area contributed by atoms with Crippen molar-refractivity contribution in [3.05, 3.63) is 50.9 Å². The first kappa shape index (κ1) is 18.7. The number of anilines is 1. The lowest BCUT2D eigenvalue weighted by atomic mass is 9.90. The lowest BCUT2D eigenvalue weighted by molar-refractivity contribution is -0.146. The van der Waals surface area contributed by atoms with E-state index < -0.39 is 11.9 Å². The summed E-state index contributed by atoms with van der Waals surface area (Å²) in [5.41, 5.74) is 5.24. The fourth-order valence-electron chi connectivity index (χ4n) is 4.03. The van der Waals surface area contributed by atoms with Crippen molar-refractivity contribution in [1.82, 2.24) is 0 Å². The molecule has 0 unspecified atom stereocenters. The second kappa shape index (κ2) is 8.15. The number of nitrogens with zero attached hydrogens (tertiary/aromatic N) is 1. The maximum Gasteiger partial charge on any atom is 0.310 e. The summed E-state index contributed by atoms with van der Waals surface area (Å²) in [5.74, 6) is -0.824. The van der Waals surface area contributed by atoms with Crippen LogP contribution in [0.4, 0.5) is 5.00 Å². The molecule has 4 rings (SSSR count). The van der Waals surface area contributed by atoms with Crippen molar-refractivity contribution in [1.29, 1.82) is 5.26 Å². The van der Waals surface area contributed by atoms with Crippen LogP contribution in [0.1, 0.15) is 52.0 Å². The third kappa shape index (κ3) is 3.95. The van der Waals surface area contributed by atoms with Crippen molar-refractivity contribution in [3.63, 3.8) is 0 Å². The molecule has 0 aliphatic heterocycles. The van der Waals surface area contributed by atoms with Crippen LogP contribution < -0.4 is 5.32 Å². The van der Waals surface area contributed by atoms with Crippen LogP contribution in [0, 0.1) is 11.3 Å². The van der Waals surface area contributed by atoms with Crippen LogP contribution in [0.15, 0.2) is 18.2 Å². The van der Waals surface area contributed by atoms with Crippen molar-refractivity contribution in [2.24, 2.45) is 0 Å². The number of fused-ring (bicyclic) bond motifs is 2. The van der Waals surface area contributed by atoms with Crippen LogP contribution >= 0.6 is 11.3 Å². The molecule has 0 bridgehead atoms. The molecule has 2 aromatic rings. The van der Waals surface area contributed by atoms with Gasteiger partial charge in [-0.2, -0.15) is 5.26 Å². The fraction of sp³-hybridized carbons (Fsp3) is 0.409. The number of carbonyl (C=O) groups is 2. The van der Waals surface area contributed by atoms with E-state index in [2.05, 4.69) is 23.5 Å². The molecule has 5 nitrogen and oxygen atoms in total. The van der Waals surface area contributed by atoms with Crippen LogP contribution in [-0.2, 0) is 46.4 Å². The maximum absolute atomic E-state index is 12.2. The van der Waals surface area contributed by atoms with Gasteiger partial charge in [-0.05, 0) is 67.2 Å². The minimum absolute atomic E-state index is 0.164. The van der Waals surface area contributed by atoms with Crippen LogP contribution in [0.2, 0.25) is 0 Å². The van der Waals surface area contributed by atoms with E-state index in [9.17, 15) is 14.9 Å². The lowest BCUT2D eigenvalue weighted by Gasteiger charge is -2.16. The Labute approximate surface area is 168 Å². The quantitative estimate of drug-likeness (QED) is 0.784. The van der Waals surface area contributed by atoms with Gasteiger partial charge in [-0.15, -0.1) is 11.3 Å². The van der Waals surface area contributed by atoms with Crippen LogP contribution in [0.3, 0.4) is 0 Å². The number of esters is 1. The number of nitriles is 1. The van der Waals surface area contributed by atoms with E-state index in [0.29, 0.717) is 10.6 Å². The van der Waals surface area contributed by atoms with Gasteiger partial charge in [0.25, 0.3) is 5.91 Å². The monoisotopic (exact) mass is 394 g/mol. The molecule has 1 heterocycles. The number of carbonyl (C=O) groups excluding carboxylic acids is 2. The van der Waals surface area contributed by atoms with Crippen LogP contribution in [0.25, 0.3) is 0 Å². The molecular weight excluding hydrogens is 372 g/mol. The number of hydrogen-bond acceptors (Lipinski definition) is 5. The number of amides is 1. The van der Waals surface area contributed by atoms with E-state index in [-0.39, 0.29) is 13.0 Å². The van der Waals surface area contributed by atoms with Gasteiger partial charge in [0.1, 0.15) is 11.1 Å². The predicted octanol–water partition coefficient (Wildman–Crippen LogP) is 3.71. The molecule has 0 fully saturated rings. The first-order chi connectivity index (χ1) is 13.6. The third-order valence-electron chi connectivity index (χ3n) is 5.41. The van der Waals surface area contributed by atoms with Gasteiger partial charge in [0.05, 0.1) is 12.0 Å². The molecule has 0 atom stereocenters. The maximum atomic E-state index is 12.2. The van der Waals surface area contributed by atoms with Crippen molar-refractivity contribution < 1.29 is 14.3 Å². The van der Waals surface area contributed by atoms with Crippen molar-refractivity contribution >= 4 is 28.2 Å². The van der Waals surface area contributed by atoms with Crippen molar-refractivity contribution in [2.75, 3.05) is 11.9 Å². The zero-order valence-electron chi connectivity index (χ0n) is 15.7. The minimum Gasteiger partial charge on any atom is -0.455 e. The number of benzene rings is 1. The SMILES string of the molecule is N#Cc1c(NC(=O)COC(=O)Cc2ccc3c(c2)CCCC3)sc2c1CCC2. The van der Waals surface area contributed by atoms with Gasteiger partial charge in [0, 0.05) is 4.88 Å². The molecule has 0 radical (unpaired) electrons. The van der Waals surface area contributed by atoms with Gasteiger partial charge in [0.2, 0.25) is 0 Å². The highest BCUT2D eigenvalue weighted by Crippen LogP contribution is 2.38. The number of thiophene rings is 1. The Kier molecular flexibility index (Phi) is 5.45. The molecule has 0 saturated heterocycles. The topological polar surface area (TPSA) is 79.2 Å². The Morgan fingerprint density at radius 3 is 2.75 bits per heavy atom. The van der Waals surface area contributed by atoms with Gasteiger partial charge in [-0.1, -0.05) is 18.2 Å². The minimum atomic E-state index is -0.417.